The Balaban J connectivity index is 2.13. The molecule has 15 heavy (non-hydrogen) atoms. The largest absolute Gasteiger partial charge is 0.393 e. The van der Waals surface area contributed by atoms with Crippen LogP contribution in [-0.2, 0) is 11.3 Å². The van der Waals surface area contributed by atoms with Crippen molar-refractivity contribution in [1.29, 1.82) is 0 Å². The van der Waals surface area contributed by atoms with E-state index in [2.05, 4.69) is 4.98 Å². The summed E-state index contributed by atoms with van der Waals surface area (Å²) >= 11 is 0. The molecule has 4 heteroatoms. The first kappa shape index (κ1) is 10.5. The Hall–Kier alpha value is -0.970. The number of aliphatic hydroxyl groups is 2. The molecule has 1 saturated heterocycles. The summed E-state index contributed by atoms with van der Waals surface area (Å²) in [4.78, 5) is 4.03. The van der Waals surface area contributed by atoms with E-state index in [4.69, 9.17) is 9.84 Å². The SMILES string of the molecule is OCc1cncc(C2CC(O)CCO2)c1. The maximum Gasteiger partial charge on any atom is 0.0864 e. The van der Waals surface area contributed by atoms with Crippen LogP contribution in [0.4, 0.5) is 0 Å². The van der Waals surface area contributed by atoms with E-state index in [1.54, 1.807) is 12.4 Å². The topological polar surface area (TPSA) is 62.6 Å². The maximum atomic E-state index is 9.52. The van der Waals surface area contributed by atoms with Crippen molar-refractivity contribution in [2.24, 2.45) is 0 Å². The summed E-state index contributed by atoms with van der Waals surface area (Å²) in [5.41, 5.74) is 1.71. The number of aliphatic hydroxyl groups excluding tert-OH is 2. The number of hydrogen-bond acceptors (Lipinski definition) is 4. The predicted octanol–water partition coefficient (Wildman–Crippen LogP) is 0.786. The van der Waals surface area contributed by atoms with Crippen LogP contribution >= 0.6 is 0 Å². The van der Waals surface area contributed by atoms with Gasteiger partial charge >= 0.3 is 0 Å². The Kier molecular flexibility index (Phi) is 3.30. The fourth-order valence-electron chi connectivity index (χ4n) is 1.78. The molecule has 2 atom stereocenters. The average Bonchev–Trinajstić information content (AvgIpc) is 2.29. The van der Waals surface area contributed by atoms with Crippen molar-refractivity contribution in [3.63, 3.8) is 0 Å². The van der Waals surface area contributed by atoms with Gasteiger partial charge in [-0.05, 0) is 23.6 Å². The van der Waals surface area contributed by atoms with Crippen molar-refractivity contribution in [3.05, 3.63) is 29.6 Å². The molecule has 0 aliphatic carbocycles. The van der Waals surface area contributed by atoms with Crippen molar-refractivity contribution < 1.29 is 14.9 Å². The molecule has 1 fully saturated rings. The fourth-order valence-corrected chi connectivity index (χ4v) is 1.78. The Morgan fingerprint density at radius 1 is 1.47 bits per heavy atom. The minimum absolute atomic E-state index is 0.0177. The lowest BCUT2D eigenvalue weighted by atomic mass is 10.00. The van der Waals surface area contributed by atoms with Crippen LogP contribution in [0.25, 0.3) is 0 Å². The maximum absolute atomic E-state index is 9.52. The quantitative estimate of drug-likeness (QED) is 0.755. The monoisotopic (exact) mass is 209 g/mol. The standard InChI is InChI=1S/C11H15NO3/c13-7-8-3-9(6-12-5-8)11-4-10(14)1-2-15-11/h3,5-6,10-11,13-14H,1-2,4,7H2. The van der Waals surface area contributed by atoms with Crippen LogP contribution < -0.4 is 0 Å². The molecule has 2 unspecified atom stereocenters. The van der Waals surface area contributed by atoms with Gasteiger partial charge < -0.3 is 14.9 Å². The van der Waals surface area contributed by atoms with Crippen molar-refractivity contribution in [3.8, 4) is 0 Å². The molecule has 2 N–H and O–H groups in total. The predicted molar refractivity (Wildman–Crippen MR) is 54.1 cm³/mol. The molecule has 1 aliphatic rings. The van der Waals surface area contributed by atoms with Crippen LogP contribution in [0.2, 0.25) is 0 Å². The highest BCUT2D eigenvalue weighted by Gasteiger charge is 2.22. The van der Waals surface area contributed by atoms with Crippen LogP contribution in [0.15, 0.2) is 18.5 Å². The molecule has 0 bridgehead atoms. The van der Waals surface area contributed by atoms with Gasteiger partial charge in [0, 0.05) is 25.4 Å². The van der Waals surface area contributed by atoms with Gasteiger partial charge in [0.1, 0.15) is 0 Å². The number of pyridine rings is 1. The lowest BCUT2D eigenvalue weighted by molar-refractivity contribution is -0.0449. The second-order valence-electron chi connectivity index (χ2n) is 3.82. The van der Waals surface area contributed by atoms with E-state index in [0.29, 0.717) is 19.4 Å². The Morgan fingerprint density at radius 2 is 2.33 bits per heavy atom. The first-order valence-electron chi connectivity index (χ1n) is 5.14. The van der Waals surface area contributed by atoms with E-state index in [1.807, 2.05) is 6.07 Å². The normalized spacial score (nSPS) is 26.5. The smallest absolute Gasteiger partial charge is 0.0864 e. The summed E-state index contributed by atoms with van der Waals surface area (Å²) in [6.07, 6.45) is 4.28. The highest BCUT2D eigenvalue weighted by Crippen LogP contribution is 2.27. The highest BCUT2D eigenvalue weighted by atomic mass is 16.5. The number of aromatic nitrogens is 1. The Bertz CT molecular complexity index is 329. The van der Waals surface area contributed by atoms with Crippen LogP contribution in [0, 0.1) is 0 Å². The molecule has 1 aromatic rings. The molecular formula is C11H15NO3. The Labute approximate surface area is 88.5 Å². The molecular weight excluding hydrogens is 194 g/mol. The summed E-state index contributed by atoms with van der Waals surface area (Å²) in [6, 6.07) is 1.87. The third kappa shape index (κ3) is 2.53. The average molecular weight is 209 g/mol. The molecule has 1 aromatic heterocycles. The summed E-state index contributed by atoms with van der Waals surface area (Å²) in [5, 5.41) is 18.5. The van der Waals surface area contributed by atoms with E-state index in [1.165, 1.54) is 0 Å². The van der Waals surface area contributed by atoms with E-state index in [0.717, 1.165) is 11.1 Å². The van der Waals surface area contributed by atoms with Gasteiger partial charge in [-0.15, -0.1) is 0 Å². The second-order valence-corrected chi connectivity index (χ2v) is 3.82. The summed E-state index contributed by atoms with van der Waals surface area (Å²) < 4.78 is 5.55. The zero-order valence-corrected chi connectivity index (χ0v) is 8.47. The molecule has 0 spiro atoms. The van der Waals surface area contributed by atoms with E-state index >= 15 is 0 Å². The molecule has 2 heterocycles. The summed E-state index contributed by atoms with van der Waals surface area (Å²) in [5.74, 6) is 0. The van der Waals surface area contributed by atoms with Gasteiger partial charge in [-0.25, -0.2) is 0 Å². The lowest BCUT2D eigenvalue weighted by Gasteiger charge is -2.26. The van der Waals surface area contributed by atoms with Gasteiger partial charge in [0.05, 0.1) is 18.8 Å². The molecule has 0 saturated carbocycles. The van der Waals surface area contributed by atoms with E-state index in [-0.39, 0.29) is 18.8 Å². The zero-order chi connectivity index (χ0) is 10.7. The van der Waals surface area contributed by atoms with E-state index in [9.17, 15) is 5.11 Å². The van der Waals surface area contributed by atoms with Crippen molar-refractivity contribution in [1.82, 2.24) is 4.98 Å². The van der Waals surface area contributed by atoms with Crippen LogP contribution in [-0.4, -0.2) is 27.9 Å². The molecule has 4 nitrogen and oxygen atoms in total. The van der Waals surface area contributed by atoms with Gasteiger partial charge in [-0.2, -0.15) is 0 Å². The molecule has 0 aromatic carbocycles. The second kappa shape index (κ2) is 4.70. The third-order valence-corrected chi connectivity index (χ3v) is 2.63. The number of rotatable bonds is 2. The minimum atomic E-state index is -0.290. The van der Waals surface area contributed by atoms with Gasteiger partial charge in [0.25, 0.3) is 0 Å². The van der Waals surface area contributed by atoms with Gasteiger partial charge in [0.15, 0.2) is 0 Å². The van der Waals surface area contributed by atoms with Gasteiger partial charge in [-0.3, -0.25) is 4.98 Å². The van der Waals surface area contributed by atoms with Crippen LogP contribution in [0.5, 0.6) is 0 Å². The molecule has 2 rings (SSSR count). The van der Waals surface area contributed by atoms with E-state index < -0.39 is 0 Å². The Morgan fingerprint density at radius 3 is 3.07 bits per heavy atom. The van der Waals surface area contributed by atoms with Crippen molar-refractivity contribution >= 4 is 0 Å². The third-order valence-electron chi connectivity index (χ3n) is 2.63. The molecule has 0 amide bonds. The fraction of sp³-hybridized carbons (Fsp3) is 0.545. The first-order chi connectivity index (χ1) is 7.29. The van der Waals surface area contributed by atoms with Crippen molar-refractivity contribution in [2.45, 2.75) is 31.7 Å². The molecule has 82 valence electrons. The lowest BCUT2D eigenvalue weighted by Crippen LogP contribution is -2.23. The summed E-state index contributed by atoms with van der Waals surface area (Å²) in [7, 11) is 0. The number of ether oxygens (including phenoxy) is 1. The van der Waals surface area contributed by atoms with Crippen LogP contribution in [0.1, 0.15) is 30.1 Å². The van der Waals surface area contributed by atoms with Gasteiger partial charge in [-0.1, -0.05) is 0 Å². The molecule has 0 radical (unpaired) electrons. The minimum Gasteiger partial charge on any atom is -0.393 e. The number of hydrogen-bond donors (Lipinski definition) is 2. The zero-order valence-electron chi connectivity index (χ0n) is 8.47. The highest BCUT2D eigenvalue weighted by molar-refractivity contribution is 5.20. The number of nitrogens with zero attached hydrogens (tertiary/aromatic N) is 1. The first-order valence-corrected chi connectivity index (χ1v) is 5.14. The van der Waals surface area contributed by atoms with Gasteiger partial charge in [0.2, 0.25) is 0 Å². The summed E-state index contributed by atoms with van der Waals surface area (Å²) in [6.45, 7) is 0.561. The van der Waals surface area contributed by atoms with Crippen molar-refractivity contribution in [2.75, 3.05) is 6.61 Å². The molecule has 1 aliphatic heterocycles. The van der Waals surface area contributed by atoms with Crippen LogP contribution in [0.3, 0.4) is 0 Å².